The lowest BCUT2D eigenvalue weighted by Gasteiger charge is -2.40. The van der Waals surface area contributed by atoms with Crippen LogP contribution in [0.15, 0.2) is 45.1 Å². The molecular weight excluding hydrogens is 474 g/mol. The van der Waals surface area contributed by atoms with Crippen molar-refractivity contribution in [2.24, 2.45) is 10.2 Å². The lowest BCUT2D eigenvalue weighted by Crippen LogP contribution is -2.54. The first-order valence-corrected chi connectivity index (χ1v) is 12.3. The predicted molar refractivity (Wildman–Crippen MR) is 139 cm³/mol. The molecule has 1 saturated heterocycles. The summed E-state index contributed by atoms with van der Waals surface area (Å²) < 4.78 is 17.4. The van der Waals surface area contributed by atoms with E-state index in [-0.39, 0.29) is 17.9 Å². The molecule has 37 heavy (non-hydrogen) atoms. The smallest absolute Gasteiger partial charge is 0.410 e. The SMILES string of the molecule is COc1ccc2c(O)c(C=C3N=Nc4ncccc43)oc2c1CN1CCN(C(=O)OC(C)(C)C)[C@@H](C)C1. The minimum atomic E-state index is -0.538. The van der Waals surface area contributed by atoms with E-state index in [1.54, 1.807) is 30.3 Å². The molecule has 0 bridgehead atoms. The molecule has 0 aliphatic carbocycles. The van der Waals surface area contributed by atoms with Crippen LogP contribution in [0.3, 0.4) is 0 Å². The van der Waals surface area contributed by atoms with Crippen LogP contribution in [0.2, 0.25) is 0 Å². The third-order valence-electron chi connectivity index (χ3n) is 6.44. The molecule has 0 unspecified atom stereocenters. The standard InChI is InChI=1S/C27H31N5O5/c1-16-14-31(11-12-32(16)26(34)37-27(2,3)4)15-19-21(35-5)9-8-18-23(33)22(36-24(18)19)13-20-17-7-6-10-28-25(17)30-29-20/h6-10,13,16,33H,11-12,14-15H2,1-5H3/t16-/m0/s1. The van der Waals surface area contributed by atoms with Crippen LogP contribution in [0, 0.1) is 0 Å². The number of piperazine rings is 1. The highest BCUT2D eigenvalue weighted by molar-refractivity contribution is 5.94. The number of methoxy groups -OCH3 is 1. The molecule has 194 valence electrons. The average Bonchev–Trinajstić information content (AvgIpc) is 3.39. The number of nitrogens with zero attached hydrogens (tertiary/aromatic N) is 5. The van der Waals surface area contributed by atoms with Gasteiger partial charge >= 0.3 is 6.09 Å². The molecule has 3 aromatic rings. The van der Waals surface area contributed by atoms with Gasteiger partial charge < -0.3 is 23.9 Å². The van der Waals surface area contributed by atoms with Gasteiger partial charge in [0, 0.05) is 50.1 Å². The van der Waals surface area contributed by atoms with Gasteiger partial charge in [-0.15, -0.1) is 10.2 Å². The molecule has 0 saturated carbocycles. The van der Waals surface area contributed by atoms with Crippen molar-refractivity contribution in [2.45, 2.75) is 45.9 Å². The summed E-state index contributed by atoms with van der Waals surface area (Å²) in [4.78, 5) is 20.8. The van der Waals surface area contributed by atoms with Crippen LogP contribution in [0.25, 0.3) is 22.7 Å². The largest absolute Gasteiger partial charge is 0.504 e. The Morgan fingerprint density at radius 2 is 2.05 bits per heavy atom. The monoisotopic (exact) mass is 505 g/mol. The van der Waals surface area contributed by atoms with Crippen molar-refractivity contribution in [2.75, 3.05) is 26.7 Å². The van der Waals surface area contributed by atoms with E-state index < -0.39 is 5.60 Å². The van der Waals surface area contributed by atoms with E-state index in [9.17, 15) is 9.90 Å². The van der Waals surface area contributed by atoms with Gasteiger partial charge in [0.15, 0.2) is 17.3 Å². The van der Waals surface area contributed by atoms with Gasteiger partial charge in [-0.3, -0.25) is 4.90 Å². The minimum absolute atomic E-state index is 0.0273. The van der Waals surface area contributed by atoms with Gasteiger partial charge in [0.05, 0.1) is 18.1 Å². The molecule has 10 nitrogen and oxygen atoms in total. The first kappa shape index (κ1) is 24.8. The number of carbonyl (C=O) groups excluding carboxylic acids is 1. The van der Waals surface area contributed by atoms with Crippen molar-refractivity contribution in [3.8, 4) is 11.5 Å². The molecule has 4 heterocycles. The highest BCUT2D eigenvalue weighted by Crippen LogP contribution is 2.42. The number of aromatic hydroxyl groups is 1. The zero-order valence-corrected chi connectivity index (χ0v) is 21.7. The predicted octanol–water partition coefficient (Wildman–Crippen LogP) is 5.58. The number of fused-ring (bicyclic) bond motifs is 2. The molecule has 1 fully saturated rings. The van der Waals surface area contributed by atoms with Crippen molar-refractivity contribution < 1.29 is 23.8 Å². The Labute approximate surface area is 215 Å². The fourth-order valence-corrected chi connectivity index (χ4v) is 4.70. The topological polar surface area (TPSA) is 113 Å². The number of carbonyl (C=O) groups is 1. The van der Waals surface area contributed by atoms with Crippen LogP contribution in [-0.4, -0.2) is 64.4 Å². The number of furan rings is 1. The number of pyridine rings is 1. The Hall–Kier alpha value is -3.92. The molecule has 1 atom stereocenters. The van der Waals surface area contributed by atoms with Gasteiger partial charge in [-0.2, -0.15) is 0 Å². The number of ether oxygens (including phenoxy) is 2. The van der Waals surface area contributed by atoms with Crippen molar-refractivity contribution >= 4 is 34.7 Å². The molecule has 0 spiro atoms. The second-order valence-electron chi connectivity index (χ2n) is 10.3. The van der Waals surface area contributed by atoms with Crippen LogP contribution >= 0.6 is 0 Å². The summed E-state index contributed by atoms with van der Waals surface area (Å²) in [6.45, 7) is 10.0. The number of hydrogen-bond acceptors (Lipinski definition) is 9. The Morgan fingerprint density at radius 1 is 1.24 bits per heavy atom. The lowest BCUT2D eigenvalue weighted by atomic mass is 10.1. The van der Waals surface area contributed by atoms with Crippen molar-refractivity contribution in [3.05, 3.63) is 47.3 Å². The minimum Gasteiger partial charge on any atom is -0.504 e. The summed E-state index contributed by atoms with van der Waals surface area (Å²) in [5.41, 5.74) is 2.18. The van der Waals surface area contributed by atoms with Gasteiger partial charge in [-0.1, -0.05) is 0 Å². The summed E-state index contributed by atoms with van der Waals surface area (Å²) in [6.07, 6.45) is 3.03. The first-order valence-electron chi connectivity index (χ1n) is 12.3. The second kappa shape index (κ2) is 9.51. The first-order chi connectivity index (χ1) is 17.6. The summed E-state index contributed by atoms with van der Waals surface area (Å²) >= 11 is 0. The maximum absolute atomic E-state index is 12.6. The van der Waals surface area contributed by atoms with Crippen LogP contribution in [0.5, 0.6) is 11.5 Å². The molecule has 2 aliphatic heterocycles. The number of aromatic nitrogens is 1. The summed E-state index contributed by atoms with van der Waals surface area (Å²) in [7, 11) is 1.61. The molecule has 10 heteroatoms. The third-order valence-corrected chi connectivity index (χ3v) is 6.44. The third kappa shape index (κ3) is 4.89. The van der Waals surface area contributed by atoms with Crippen molar-refractivity contribution in [3.63, 3.8) is 0 Å². The zero-order chi connectivity index (χ0) is 26.3. The molecule has 2 aliphatic rings. The fourth-order valence-electron chi connectivity index (χ4n) is 4.70. The fraction of sp³-hybridized carbons (Fsp3) is 0.407. The normalized spacial score (nSPS) is 19.0. The van der Waals surface area contributed by atoms with E-state index in [0.29, 0.717) is 60.2 Å². The molecular formula is C27H31N5O5. The molecule has 5 rings (SSSR count). The zero-order valence-electron chi connectivity index (χ0n) is 21.7. The highest BCUT2D eigenvalue weighted by Gasteiger charge is 2.32. The average molecular weight is 506 g/mol. The number of benzene rings is 1. The maximum Gasteiger partial charge on any atom is 0.410 e. The van der Waals surface area contributed by atoms with E-state index in [1.165, 1.54) is 0 Å². The highest BCUT2D eigenvalue weighted by atomic mass is 16.6. The Bertz CT molecular complexity index is 1400. The second-order valence-corrected chi connectivity index (χ2v) is 10.3. The van der Waals surface area contributed by atoms with E-state index in [2.05, 4.69) is 20.1 Å². The van der Waals surface area contributed by atoms with Gasteiger partial charge in [-0.25, -0.2) is 9.78 Å². The molecule has 1 aromatic carbocycles. The molecule has 2 aromatic heterocycles. The quantitative estimate of drug-likeness (QED) is 0.492. The van der Waals surface area contributed by atoms with Crippen LogP contribution < -0.4 is 4.74 Å². The maximum atomic E-state index is 12.6. The number of hydrogen-bond donors (Lipinski definition) is 1. The lowest BCUT2D eigenvalue weighted by molar-refractivity contribution is 0.000488. The molecule has 1 N–H and O–H groups in total. The summed E-state index contributed by atoms with van der Waals surface area (Å²) in [5.74, 6) is 1.52. The molecule has 0 radical (unpaired) electrons. The van der Waals surface area contributed by atoms with Crippen LogP contribution in [0.1, 0.15) is 44.6 Å². The summed E-state index contributed by atoms with van der Waals surface area (Å²) in [6, 6.07) is 7.28. The van der Waals surface area contributed by atoms with E-state index in [4.69, 9.17) is 13.9 Å². The van der Waals surface area contributed by atoms with E-state index in [1.807, 2.05) is 45.9 Å². The van der Waals surface area contributed by atoms with Crippen molar-refractivity contribution in [1.82, 2.24) is 14.8 Å². The Morgan fingerprint density at radius 3 is 2.78 bits per heavy atom. The van der Waals surface area contributed by atoms with Gasteiger partial charge in [0.1, 0.15) is 22.6 Å². The van der Waals surface area contributed by atoms with E-state index in [0.717, 1.165) is 11.1 Å². The number of rotatable bonds is 4. The summed E-state index contributed by atoms with van der Waals surface area (Å²) in [5, 5.41) is 19.8. The van der Waals surface area contributed by atoms with Gasteiger partial charge in [0.25, 0.3) is 0 Å². The number of azo groups is 1. The Kier molecular flexibility index (Phi) is 6.36. The van der Waals surface area contributed by atoms with Gasteiger partial charge in [-0.05, 0) is 52.0 Å². The van der Waals surface area contributed by atoms with Crippen LogP contribution in [-0.2, 0) is 11.3 Å². The number of amides is 1. The molecule has 1 amide bonds. The van der Waals surface area contributed by atoms with E-state index >= 15 is 0 Å². The van der Waals surface area contributed by atoms with Crippen molar-refractivity contribution in [1.29, 1.82) is 0 Å². The van der Waals surface area contributed by atoms with Gasteiger partial charge in [0.2, 0.25) is 0 Å². The Balaban J connectivity index is 1.41. The van der Waals surface area contributed by atoms with Crippen LogP contribution in [0.4, 0.5) is 10.6 Å².